The topological polar surface area (TPSA) is 24.1 Å². The lowest BCUT2D eigenvalue weighted by atomic mass is 9.94. The van der Waals surface area contributed by atoms with Crippen LogP contribution in [0.4, 0.5) is 0 Å². The predicted octanol–water partition coefficient (Wildman–Crippen LogP) is 0.183. The standard InChI is InChI=1S/C7H14N2.2H2S/c1-2-6-4-8-5-7(6)9-3-1;;/h6-9H,1-5H2;2*1H2/t6-,7+;;/m1../s1. The second kappa shape index (κ2) is 5.30. The van der Waals surface area contributed by atoms with Gasteiger partial charge in [-0.3, -0.25) is 0 Å². The fourth-order valence-electron chi connectivity index (χ4n) is 1.93. The number of fused-ring (bicyclic) bond motifs is 1. The first-order chi connectivity index (χ1) is 4.47. The molecule has 4 heteroatoms. The van der Waals surface area contributed by atoms with Gasteiger partial charge in [0.05, 0.1) is 0 Å². The van der Waals surface area contributed by atoms with Crippen molar-refractivity contribution in [3.8, 4) is 0 Å². The van der Waals surface area contributed by atoms with E-state index in [0.717, 1.165) is 12.0 Å². The van der Waals surface area contributed by atoms with Gasteiger partial charge in [-0.2, -0.15) is 27.0 Å². The van der Waals surface area contributed by atoms with Gasteiger partial charge in [-0.15, -0.1) is 0 Å². The van der Waals surface area contributed by atoms with Gasteiger partial charge in [0.2, 0.25) is 0 Å². The van der Waals surface area contributed by atoms with Gasteiger partial charge in [-0.1, -0.05) is 0 Å². The Hall–Kier alpha value is 0.620. The lowest BCUT2D eigenvalue weighted by molar-refractivity contribution is 0.339. The monoisotopic (exact) mass is 194 g/mol. The van der Waals surface area contributed by atoms with Gasteiger partial charge in [-0.25, -0.2) is 0 Å². The Morgan fingerprint density at radius 1 is 1.09 bits per heavy atom. The molecule has 2 aliphatic rings. The van der Waals surface area contributed by atoms with Gasteiger partial charge < -0.3 is 10.6 Å². The molecule has 2 heterocycles. The van der Waals surface area contributed by atoms with E-state index in [9.17, 15) is 0 Å². The molecule has 0 aromatic carbocycles. The molecule has 2 atom stereocenters. The zero-order valence-electron chi connectivity index (χ0n) is 6.69. The van der Waals surface area contributed by atoms with Gasteiger partial charge in [0.15, 0.2) is 0 Å². The van der Waals surface area contributed by atoms with E-state index in [4.69, 9.17) is 0 Å². The van der Waals surface area contributed by atoms with Crippen molar-refractivity contribution in [2.24, 2.45) is 5.92 Å². The SMILES string of the molecule is C1CN[C@H]2CNC[C@H]2C1.S.S. The number of nitrogens with one attached hydrogen (secondary N) is 2. The van der Waals surface area contributed by atoms with Crippen molar-refractivity contribution in [3.05, 3.63) is 0 Å². The predicted molar refractivity (Wildman–Crippen MR) is 58.1 cm³/mol. The maximum absolute atomic E-state index is 3.52. The summed E-state index contributed by atoms with van der Waals surface area (Å²) >= 11 is 0. The zero-order chi connectivity index (χ0) is 6.10. The Balaban J connectivity index is 0.000000500. The molecule has 0 aromatic rings. The first-order valence-electron chi connectivity index (χ1n) is 3.91. The number of hydrogen-bond acceptors (Lipinski definition) is 2. The van der Waals surface area contributed by atoms with E-state index in [0.29, 0.717) is 0 Å². The molecule has 0 aromatic heterocycles. The average Bonchev–Trinajstić information content (AvgIpc) is 2.33. The van der Waals surface area contributed by atoms with E-state index in [1.807, 2.05) is 0 Å². The van der Waals surface area contributed by atoms with E-state index in [2.05, 4.69) is 10.6 Å². The summed E-state index contributed by atoms with van der Waals surface area (Å²) in [5, 5.41) is 6.92. The molecule has 2 saturated heterocycles. The molecule has 0 unspecified atom stereocenters. The average molecular weight is 194 g/mol. The van der Waals surface area contributed by atoms with Crippen LogP contribution >= 0.6 is 27.0 Å². The first kappa shape index (κ1) is 11.6. The molecule has 0 radical (unpaired) electrons. The van der Waals surface area contributed by atoms with Crippen LogP contribution in [0.5, 0.6) is 0 Å². The minimum absolute atomic E-state index is 0. The van der Waals surface area contributed by atoms with Crippen molar-refractivity contribution in [2.75, 3.05) is 19.6 Å². The van der Waals surface area contributed by atoms with Crippen LogP contribution < -0.4 is 10.6 Å². The maximum atomic E-state index is 3.52. The molecule has 2 nitrogen and oxygen atoms in total. The quantitative estimate of drug-likeness (QED) is 0.575. The van der Waals surface area contributed by atoms with E-state index in [-0.39, 0.29) is 27.0 Å². The smallest absolute Gasteiger partial charge is 0.0232 e. The molecule has 2 N–H and O–H groups in total. The highest BCUT2D eigenvalue weighted by Crippen LogP contribution is 2.18. The van der Waals surface area contributed by atoms with Crippen LogP contribution in [-0.2, 0) is 0 Å². The molecule has 0 bridgehead atoms. The summed E-state index contributed by atoms with van der Waals surface area (Å²) in [5.74, 6) is 0.943. The number of piperidine rings is 1. The van der Waals surface area contributed by atoms with Crippen LogP contribution in [0.15, 0.2) is 0 Å². The Morgan fingerprint density at radius 2 is 1.91 bits per heavy atom. The molecule has 11 heavy (non-hydrogen) atoms. The van der Waals surface area contributed by atoms with Crippen LogP contribution in [0.25, 0.3) is 0 Å². The molecular weight excluding hydrogens is 176 g/mol. The van der Waals surface area contributed by atoms with E-state index < -0.39 is 0 Å². The van der Waals surface area contributed by atoms with Crippen molar-refractivity contribution in [1.82, 2.24) is 10.6 Å². The second-order valence-corrected chi connectivity index (χ2v) is 3.12. The number of rotatable bonds is 0. The summed E-state index contributed by atoms with van der Waals surface area (Å²) in [6.45, 7) is 3.69. The Morgan fingerprint density at radius 3 is 2.64 bits per heavy atom. The van der Waals surface area contributed by atoms with Crippen molar-refractivity contribution in [1.29, 1.82) is 0 Å². The van der Waals surface area contributed by atoms with Gasteiger partial charge in [0, 0.05) is 12.6 Å². The third-order valence-corrected chi connectivity index (χ3v) is 2.50. The van der Waals surface area contributed by atoms with Crippen molar-refractivity contribution in [2.45, 2.75) is 18.9 Å². The summed E-state index contributed by atoms with van der Waals surface area (Å²) in [5.41, 5.74) is 0. The summed E-state index contributed by atoms with van der Waals surface area (Å²) in [6.07, 6.45) is 2.81. The normalized spacial score (nSPS) is 34.9. The molecule has 2 rings (SSSR count). The Bertz CT molecular complexity index is 98.6. The summed E-state index contributed by atoms with van der Waals surface area (Å²) < 4.78 is 0. The lowest BCUT2D eigenvalue weighted by Gasteiger charge is -2.24. The Kier molecular flexibility index (Phi) is 5.60. The maximum Gasteiger partial charge on any atom is 0.0232 e. The summed E-state index contributed by atoms with van der Waals surface area (Å²) in [6, 6.07) is 0.804. The van der Waals surface area contributed by atoms with Crippen molar-refractivity contribution in [3.63, 3.8) is 0 Å². The minimum atomic E-state index is 0. The Labute approximate surface area is 82.4 Å². The van der Waals surface area contributed by atoms with Crippen molar-refractivity contribution < 1.29 is 0 Å². The van der Waals surface area contributed by atoms with Crippen LogP contribution in [-0.4, -0.2) is 25.7 Å². The minimum Gasteiger partial charge on any atom is -0.315 e. The molecule has 68 valence electrons. The van der Waals surface area contributed by atoms with Crippen LogP contribution in [0.2, 0.25) is 0 Å². The highest BCUT2D eigenvalue weighted by atomic mass is 32.1. The van der Waals surface area contributed by atoms with E-state index in [1.165, 1.54) is 32.5 Å². The molecular formula is C7H18N2S2. The molecule has 0 aliphatic carbocycles. The third-order valence-electron chi connectivity index (χ3n) is 2.50. The summed E-state index contributed by atoms with van der Waals surface area (Å²) in [4.78, 5) is 0. The second-order valence-electron chi connectivity index (χ2n) is 3.12. The van der Waals surface area contributed by atoms with E-state index >= 15 is 0 Å². The van der Waals surface area contributed by atoms with Crippen molar-refractivity contribution >= 4 is 27.0 Å². The zero-order valence-corrected chi connectivity index (χ0v) is 8.69. The molecule has 0 spiro atoms. The van der Waals surface area contributed by atoms with Gasteiger partial charge in [-0.05, 0) is 31.8 Å². The fraction of sp³-hybridized carbons (Fsp3) is 1.00. The number of hydrogen-bond donors (Lipinski definition) is 2. The summed E-state index contributed by atoms with van der Waals surface area (Å²) in [7, 11) is 0. The van der Waals surface area contributed by atoms with Gasteiger partial charge in [0.25, 0.3) is 0 Å². The highest BCUT2D eigenvalue weighted by Gasteiger charge is 2.28. The van der Waals surface area contributed by atoms with E-state index in [1.54, 1.807) is 0 Å². The highest BCUT2D eigenvalue weighted by molar-refractivity contribution is 7.59. The molecule has 0 saturated carbocycles. The third kappa shape index (κ3) is 2.54. The molecule has 2 fully saturated rings. The largest absolute Gasteiger partial charge is 0.315 e. The molecule has 2 aliphatic heterocycles. The van der Waals surface area contributed by atoms with Crippen LogP contribution in [0.1, 0.15) is 12.8 Å². The fourth-order valence-corrected chi connectivity index (χ4v) is 1.93. The van der Waals surface area contributed by atoms with Crippen LogP contribution in [0.3, 0.4) is 0 Å². The first-order valence-corrected chi connectivity index (χ1v) is 3.91. The van der Waals surface area contributed by atoms with Gasteiger partial charge in [0.1, 0.15) is 0 Å². The van der Waals surface area contributed by atoms with Gasteiger partial charge >= 0.3 is 0 Å². The van der Waals surface area contributed by atoms with Crippen LogP contribution in [0, 0.1) is 5.92 Å². The lowest BCUT2D eigenvalue weighted by Crippen LogP contribution is -2.40. The molecule has 0 amide bonds.